The van der Waals surface area contributed by atoms with Crippen LogP contribution in [0.1, 0.15) is 10.4 Å². The molecule has 1 N–H and O–H groups in total. The fourth-order valence-electron chi connectivity index (χ4n) is 1.76. The summed E-state index contributed by atoms with van der Waals surface area (Å²) in [5, 5.41) is 11.0. The molecule has 0 radical (unpaired) electrons. The Hall–Kier alpha value is -2.18. The van der Waals surface area contributed by atoms with Gasteiger partial charge in [-0.15, -0.1) is 0 Å². The molecule has 1 amide bonds. The first-order valence-corrected chi connectivity index (χ1v) is 7.05. The fraction of sp³-hybridized carbons (Fsp3) is 0. The van der Waals surface area contributed by atoms with Gasteiger partial charge in [0.1, 0.15) is 18.3 Å². The molecule has 3 aromatic rings. The molecule has 0 bridgehead atoms. The number of amides is 1. The SMILES string of the molecule is O=C(Nc1cccc(Cl)c1-n1cncn1)c1ccsc1. The van der Waals surface area contributed by atoms with E-state index in [1.165, 1.54) is 28.7 Å². The highest BCUT2D eigenvalue weighted by Crippen LogP contribution is 2.28. The van der Waals surface area contributed by atoms with Crippen LogP contribution in [0.4, 0.5) is 5.69 Å². The standard InChI is InChI=1S/C13H9ClN4OS/c14-10-2-1-3-11(12(10)18-8-15-7-16-18)17-13(19)9-4-5-20-6-9/h1-8H,(H,17,19). The van der Waals surface area contributed by atoms with E-state index in [4.69, 9.17) is 11.6 Å². The molecule has 100 valence electrons. The summed E-state index contributed by atoms with van der Waals surface area (Å²) < 4.78 is 1.52. The van der Waals surface area contributed by atoms with Gasteiger partial charge in [-0.05, 0) is 23.6 Å². The zero-order chi connectivity index (χ0) is 13.9. The first kappa shape index (κ1) is 12.8. The lowest BCUT2D eigenvalue weighted by Crippen LogP contribution is -2.13. The maximum Gasteiger partial charge on any atom is 0.256 e. The van der Waals surface area contributed by atoms with Crippen molar-refractivity contribution in [3.8, 4) is 5.69 Å². The third-order valence-corrected chi connectivity index (χ3v) is 3.65. The molecule has 5 nitrogen and oxygen atoms in total. The van der Waals surface area contributed by atoms with Crippen molar-refractivity contribution >= 4 is 34.5 Å². The molecule has 0 unspecified atom stereocenters. The predicted molar refractivity (Wildman–Crippen MR) is 78.6 cm³/mol. The molecule has 0 fully saturated rings. The van der Waals surface area contributed by atoms with Gasteiger partial charge in [-0.2, -0.15) is 16.4 Å². The van der Waals surface area contributed by atoms with E-state index in [1.807, 2.05) is 5.38 Å². The molecule has 2 heterocycles. The normalized spacial score (nSPS) is 10.4. The van der Waals surface area contributed by atoms with E-state index in [2.05, 4.69) is 15.4 Å². The van der Waals surface area contributed by atoms with Crippen LogP contribution in [0, 0.1) is 0 Å². The van der Waals surface area contributed by atoms with Crippen molar-refractivity contribution in [3.63, 3.8) is 0 Å². The molecule has 0 aliphatic rings. The van der Waals surface area contributed by atoms with Gasteiger partial charge >= 0.3 is 0 Å². The second kappa shape index (κ2) is 5.44. The van der Waals surface area contributed by atoms with E-state index >= 15 is 0 Å². The van der Waals surface area contributed by atoms with E-state index in [0.29, 0.717) is 22.0 Å². The summed E-state index contributed by atoms with van der Waals surface area (Å²) >= 11 is 7.66. The van der Waals surface area contributed by atoms with Crippen molar-refractivity contribution in [1.82, 2.24) is 14.8 Å². The second-order valence-corrected chi connectivity index (χ2v) is 5.13. The minimum Gasteiger partial charge on any atom is -0.320 e. The highest BCUT2D eigenvalue weighted by molar-refractivity contribution is 7.08. The Morgan fingerprint density at radius 3 is 2.95 bits per heavy atom. The summed E-state index contributed by atoms with van der Waals surface area (Å²) in [6, 6.07) is 7.04. The van der Waals surface area contributed by atoms with Crippen molar-refractivity contribution < 1.29 is 4.79 Å². The van der Waals surface area contributed by atoms with Crippen molar-refractivity contribution in [2.45, 2.75) is 0 Å². The number of anilines is 1. The van der Waals surface area contributed by atoms with Gasteiger partial charge in [0.15, 0.2) is 0 Å². The Kier molecular flexibility index (Phi) is 3.49. The van der Waals surface area contributed by atoms with Gasteiger partial charge in [-0.3, -0.25) is 4.79 Å². The van der Waals surface area contributed by atoms with Crippen LogP contribution in [0.5, 0.6) is 0 Å². The molecule has 0 aliphatic heterocycles. The topological polar surface area (TPSA) is 59.8 Å². The number of aromatic nitrogens is 3. The molecule has 0 atom stereocenters. The summed E-state index contributed by atoms with van der Waals surface area (Å²) in [6.45, 7) is 0. The van der Waals surface area contributed by atoms with Crippen molar-refractivity contribution in [2.75, 3.05) is 5.32 Å². The van der Waals surface area contributed by atoms with Crippen LogP contribution < -0.4 is 5.32 Å². The highest BCUT2D eigenvalue weighted by Gasteiger charge is 2.13. The first-order chi connectivity index (χ1) is 9.75. The number of hydrogen-bond acceptors (Lipinski definition) is 4. The Balaban J connectivity index is 1.98. The Labute approximate surface area is 123 Å². The predicted octanol–water partition coefficient (Wildman–Crippen LogP) is 3.23. The Morgan fingerprint density at radius 2 is 2.25 bits per heavy atom. The van der Waals surface area contributed by atoms with Crippen molar-refractivity contribution in [2.24, 2.45) is 0 Å². The molecule has 20 heavy (non-hydrogen) atoms. The van der Waals surface area contributed by atoms with Gasteiger partial charge in [0, 0.05) is 5.38 Å². The number of nitrogens with one attached hydrogen (secondary N) is 1. The van der Waals surface area contributed by atoms with Crippen LogP contribution in [-0.2, 0) is 0 Å². The number of rotatable bonds is 3. The zero-order valence-electron chi connectivity index (χ0n) is 10.2. The van der Waals surface area contributed by atoms with Crippen LogP contribution in [0.25, 0.3) is 5.69 Å². The summed E-state index contributed by atoms with van der Waals surface area (Å²) in [5.41, 5.74) is 1.79. The molecular formula is C13H9ClN4OS. The third kappa shape index (κ3) is 2.43. The van der Waals surface area contributed by atoms with Gasteiger partial charge in [-0.1, -0.05) is 17.7 Å². The number of halogens is 1. The van der Waals surface area contributed by atoms with Gasteiger partial charge in [0.05, 0.1) is 16.3 Å². The number of benzene rings is 1. The lowest BCUT2D eigenvalue weighted by molar-refractivity contribution is 0.102. The molecule has 0 spiro atoms. The fourth-order valence-corrected chi connectivity index (χ4v) is 2.66. The number of thiophene rings is 1. The van der Waals surface area contributed by atoms with Crippen molar-refractivity contribution in [1.29, 1.82) is 0 Å². The van der Waals surface area contributed by atoms with E-state index in [0.717, 1.165) is 0 Å². The number of hydrogen-bond donors (Lipinski definition) is 1. The van der Waals surface area contributed by atoms with E-state index in [-0.39, 0.29) is 5.91 Å². The monoisotopic (exact) mass is 304 g/mol. The molecule has 1 aromatic carbocycles. The quantitative estimate of drug-likeness (QED) is 0.808. The minimum absolute atomic E-state index is 0.185. The van der Waals surface area contributed by atoms with Crippen molar-refractivity contribution in [3.05, 3.63) is 58.3 Å². The van der Waals surface area contributed by atoms with Crippen LogP contribution in [0.3, 0.4) is 0 Å². The molecule has 2 aromatic heterocycles. The summed E-state index contributed by atoms with van der Waals surface area (Å²) in [5.74, 6) is -0.185. The molecule has 0 saturated heterocycles. The number of carbonyl (C=O) groups excluding carboxylic acids is 1. The first-order valence-electron chi connectivity index (χ1n) is 5.73. The molecule has 0 saturated carbocycles. The van der Waals surface area contributed by atoms with Crippen LogP contribution >= 0.6 is 22.9 Å². The molecule has 7 heteroatoms. The Bertz CT molecular complexity index is 725. The summed E-state index contributed by atoms with van der Waals surface area (Å²) in [4.78, 5) is 16.0. The van der Waals surface area contributed by atoms with E-state index in [9.17, 15) is 4.79 Å². The lowest BCUT2D eigenvalue weighted by atomic mass is 10.2. The van der Waals surface area contributed by atoms with Gasteiger partial charge in [0.25, 0.3) is 5.91 Å². The number of carbonyl (C=O) groups is 1. The molecule has 3 rings (SSSR count). The number of para-hydroxylation sites is 1. The smallest absolute Gasteiger partial charge is 0.256 e. The van der Waals surface area contributed by atoms with Gasteiger partial charge in [-0.25, -0.2) is 9.67 Å². The van der Waals surface area contributed by atoms with Crippen LogP contribution in [0.2, 0.25) is 5.02 Å². The maximum absolute atomic E-state index is 12.1. The number of nitrogens with zero attached hydrogens (tertiary/aromatic N) is 3. The highest BCUT2D eigenvalue weighted by atomic mass is 35.5. The van der Waals surface area contributed by atoms with E-state index in [1.54, 1.807) is 29.6 Å². The van der Waals surface area contributed by atoms with Gasteiger partial charge in [0.2, 0.25) is 0 Å². The molecule has 0 aliphatic carbocycles. The minimum atomic E-state index is -0.185. The zero-order valence-corrected chi connectivity index (χ0v) is 11.7. The lowest BCUT2D eigenvalue weighted by Gasteiger charge is -2.11. The summed E-state index contributed by atoms with van der Waals surface area (Å²) in [6.07, 6.45) is 2.94. The maximum atomic E-state index is 12.1. The molecular weight excluding hydrogens is 296 g/mol. The van der Waals surface area contributed by atoms with Crippen LogP contribution in [0.15, 0.2) is 47.7 Å². The third-order valence-electron chi connectivity index (χ3n) is 2.67. The largest absolute Gasteiger partial charge is 0.320 e. The summed E-state index contributed by atoms with van der Waals surface area (Å²) in [7, 11) is 0. The second-order valence-electron chi connectivity index (χ2n) is 3.94. The van der Waals surface area contributed by atoms with E-state index < -0.39 is 0 Å². The Morgan fingerprint density at radius 1 is 1.35 bits per heavy atom. The average molecular weight is 305 g/mol. The average Bonchev–Trinajstić information content (AvgIpc) is 3.12. The van der Waals surface area contributed by atoms with Gasteiger partial charge < -0.3 is 5.32 Å². The van der Waals surface area contributed by atoms with Crippen LogP contribution in [-0.4, -0.2) is 20.7 Å².